The third-order valence-corrected chi connectivity index (χ3v) is 31.3. The molecule has 6 aliphatic carbocycles. The van der Waals surface area contributed by atoms with Gasteiger partial charge in [-0.05, 0) is 459 Å². The van der Waals surface area contributed by atoms with Gasteiger partial charge in [0.1, 0.15) is 0 Å². The Kier molecular flexibility index (Phi) is 30.2. The molecule has 0 amide bonds. The topological polar surface area (TPSA) is 19.4 Å². The molecule has 0 saturated heterocycles. The van der Waals surface area contributed by atoms with Crippen molar-refractivity contribution in [3.63, 3.8) is 0 Å². The number of benzene rings is 16. The Balaban J connectivity index is 0.713. The summed E-state index contributed by atoms with van der Waals surface area (Å²) in [7, 11) is 0. The number of hydrogen-bond acceptors (Lipinski definition) is 6. The summed E-state index contributed by atoms with van der Waals surface area (Å²) in [5.74, 6) is 0. The van der Waals surface area contributed by atoms with Gasteiger partial charge in [0.25, 0.3) is 0 Å². The van der Waals surface area contributed by atoms with Gasteiger partial charge >= 0.3 is 0 Å². The average molecular weight is 1920 g/mol. The monoisotopic (exact) mass is 1920 g/mol. The van der Waals surface area contributed by atoms with Crippen molar-refractivity contribution in [3.8, 4) is 33.4 Å². The molecule has 0 bridgehead atoms. The number of allylic oxidation sites excluding steroid dienone is 6. The van der Waals surface area contributed by atoms with E-state index in [1.54, 1.807) is 16.7 Å². The number of anilines is 18. The summed E-state index contributed by atoms with van der Waals surface area (Å²) in [6.45, 7) is 6.61. The zero-order chi connectivity index (χ0) is 99.0. The number of hydrogen-bond donors (Lipinski definition) is 0. The van der Waals surface area contributed by atoms with Crippen LogP contribution in [0.25, 0.3) is 69.8 Å². The lowest BCUT2D eigenvalue weighted by Crippen LogP contribution is -2.17. The second-order valence-corrected chi connectivity index (χ2v) is 42.2. The predicted octanol–water partition coefficient (Wildman–Crippen LogP) is 42.5. The molecule has 6 saturated carbocycles. The fourth-order valence-electron chi connectivity index (χ4n) is 23.4. The van der Waals surface area contributed by atoms with Crippen LogP contribution in [0.5, 0.6) is 0 Å². The van der Waals surface area contributed by atoms with Crippen LogP contribution in [0.4, 0.5) is 102 Å². The molecule has 0 unspecified atom stereocenters. The van der Waals surface area contributed by atoms with Crippen LogP contribution in [0.3, 0.4) is 0 Å². The number of rotatable bonds is 27. The normalized spacial score (nSPS) is 15.0. The van der Waals surface area contributed by atoms with Crippen molar-refractivity contribution in [1.82, 2.24) is 0 Å². The van der Waals surface area contributed by atoms with E-state index in [9.17, 15) is 0 Å². The Morgan fingerprint density at radius 1 is 0.129 bits per heavy atom. The average Bonchev–Trinajstić information content (AvgIpc) is 0.754. The Labute approximate surface area is 874 Å². The molecule has 6 nitrogen and oxygen atoms in total. The van der Waals surface area contributed by atoms with Crippen LogP contribution in [0.2, 0.25) is 0 Å². The molecule has 16 aromatic carbocycles. The minimum absolute atomic E-state index is 0.988. The Morgan fingerprint density at radius 2 is 0.265 bits per heavy atom. The van der Waals surface area contributed by atoms with Crippen LogP contribution in [0, 0.1) is 20.8 Å². The Bertz CT molecular complexity index is 6640. The molecule has 6 aliphatic rings. The molecule has 6 heteroatoms. The fraction of sp³-hybridized carbons (Fsp3) is 0.234. The molecule has 732 valence electrons. The molecule has 0 radical (unpaired) electrons. The van der Waals surface area contributed by atoms with Gasteiger partial charge in [-0.3, -0.25) is 0 Å². The quantitative estimate of drug-likeness (QED) is 0.0507. The SMILES string of the molecule is Cc1cccc(N(c2ccc(-c3ccc(C=C4CCCCC4)cc3)cc2)c2ccc(N(c3ccc(C=C4CCCCC4)cc3)c3cc(N(c4ccc(C=C5CCCCC5)cc4)c4ccc(N(c5ccc(-c6ccc(C=C7CCCCC7)cc6)cc5)c5cccc(C)c5)cc4)cc(N(c4ccc(C=C5CCCCC5)cc4)c4ccc(N(c5ccc(-c6ccc(C=C7CCCCC7)cc6)cc5)c5cccc(C)c5)cc4)c3)cc2)c1. The molecule has 0 aromatic heterocycles. The predicted molar refractivity (Wildman–Crippen MR) is 631 cm³/mol. The van der Waals surface area contributed by atoms with E-state index in [0.29, 0.717) is 0 Å². The zero-order valence-electron chi connectivity index (χ0n) is 86.2. The highest BCUT2D eigenvalue weighted by atomic mass is 15.2. The summed E-state index contributed by atoms with van der Waals surface area (Å²) in [5.41, 5.74) is 46.5. The van der Waals surface area contributed by atoms with Gasteiger partial charge in [-0.1, -0.05) is 290 Å². The molecule has 16 aromatic rings. The maximum absolute atomic E-state index is 2.52. The van der Waals surface area contributed by atoms with E-state index < -0.39 is 0 Å². The van der Waals surface area contributed by atoms with Crippen molar-refractivity contribution < 1.29 is 0 Å². The number of aryl methyl sites for hydroxylation is 3. The minimum atomic E-state index is 0.988. The molecule has 22 rings (SSSR count). The van der Waals surface area contributed by atoms with Gasteiger partial charge in [-0.25, -0.2) is 0 Å². The van der Waals surface area contributed by atoms with Crippen molar-refractivity contribution in [2.75, 3.05) is 29.4 Å². The highest BCUT2D eigenvalue weighted by molar-refractivity contribution is 5.93. The van der Waals surface area contributed by atoms with E-state index in [-0.39, 0.29) is 0 Å². The first-order valence-electron chi connectivity index (χ1n) is 55.0. The van der Waals surface area contributed by atoms with Gasteiger partial charge in [0.15, 0.2) is 0 Å². The second kappa shape index (κ2) is 46.0. The summed E-state index contributed by atoms with van der Waals surface area (Å²) in [6.07, 6.45) is 52.0. The van der Waals surface area contributed by atoms with E-state index in [1.807, 2.05) is 0 Å². The largest absolute Gasteiger partial charge is 0.310 e. The van der Waals surface area contributed by atoms with Crippen LogP contribution in [0.15, 0.2) is 416 Å². The second-order valence-electron chi connectivity index (χ2n) is 42.2. The van der Waals surface area contributed by atoms with E-state index >= 15 is 0 Å². The van der Waals surface area contributed by atoms with Crippen LogP contribution in [-0.4, -0.2) is 0 Å². The maximum atomic E-state index is 2.52. The van der Waals surface area contributed by atoms with Crippen molar-refractivity contribution in [3.05, 3.63) is 466 Å². The zero-order valence-corrected chi connectivity index (χ0v) is 86.2. The standard InChI is InChI=1S/C141H138N6/c1-103-25-22-40-136(91-103)142(127-73-61-121(62-74-127)118-55-43-112(44-56-118)94-106-28-10-4-11-29-106)130-79-85-133(86-80-130)145(124-67-49-115(50-68-124)97-109-34-16-7-17-35-109)139-100-140(146(125-69-51-116(52-70-125)98-110-36-18-8-19-37-110)134-87-81-131(82-88-134)143(137-41-23-26-104(2)92-137)128-75-63-122(64-76-128)119-57-45-113(46-58-119)95-107-30-12-5-13-31-107)102-141(101-139)147(126-71-53-117(54-72-126)99-111-38-20-9-21-39-111)135-89-83-132(84-90-135)144(138-42-24-27-105(3)93-138)129-77-65-123(66-78-129)120-59-47-114(48-60-120)96-108-32-14-6-15-33-108/h22-27,40-102H,4-21,28-39H2,1-3H3. The van der Waals surface area contributed by atoms with Crippen LogP contribution >= 0.6 is 0 Å². The van der Waals surface area contributed by atoms with Crippen molar-refractivity contribution in [2.45, 2.75) is 213 Å². The first-order chi connectivity index (χ1) is 72.5. The molecular weight excluding hydrogens is 1780 g/mol. The Morgan fingerprint density at radius 3 is 0.429 bits per heavy atom. The summed E-state index contributed by atoms with van der Waals surface area (Å²) < 4.78 is 0. The minimum Gasteiger partial charge on any atom is -0.310 e. The van der Waals surface area contributed by atoms with Gasteiger partial charge in [0.2, 0.25) is 0 Å². The highest BCUT2D eigenvalue weighted by Crippen LogP contribution is 2.51. The van der Waals surface area contributed by atoms with E-state index in [0.717, 1.165) is 141 Å². The van der Waals surface area contributed by atoms with E-state index in [2.05, 4.69) is 469 Å². The maximum Gasteiger partial charge on any atom is 0.0503 e. The lowest BCUT2D eigenvalue weighted by molar-refractivity contribution is 0.602. The van der Waals surface area contributed by atoms with Crippen LogP contribution in [-0.2, 0) is 0 Å². The lowest BCUT2D eigenvalue weighted by atomic mass is 9.93. The smallest absolute Gasteiger partial charge is 0.0503 e. The van der Waals surface area contributed by atoms with Gasteiger partial charge in [-0.15, -0.1) is 0 Å². The van der Waals surface area contributed by atoms with Gasteiger partial charge < -0.3 is 29.4 Å². The van der Waals surface area contributed by atoms with Gasteiger partial charge in [0, 0.05) is 85.3 Å². The van der Waals surface area contributed by atoms with Crippen molar-refractivity contribution >= 4 is 139 Å². The van der Waals surface area contributed by atoms with E-state index in [1.165, 1.54) is 254 Å². The molecule has 147 heavy (non-hydrogen) atoms. The van der Waals surface area contributed by atoms with Crippen molar-refractivity contribution in [2.24, 2.45) is 0 Å². The molecule has 0 spiro atoms. The van der Waals surface area contributed by atoms with Crippen LogP contribution < -0.4 is 29.4 Å². The Hall–Kier alpha value is -15.2. The van der Waals surface area contributed by atoms with Gasteiger partial charge in [-0.2, -0.15) is 0 Å². The fourth-order valence-corrected chi connectivity index (χ4v) is 23.4. The van der Waals surface area contributed by atoms with Crippen molar-refractivity contribution in [1.29, 1.82) is 0 Å². The van der Waals surface area contributed by atoms with E-state index in [4.69, 9.17) is 0 Å². The third-order valence-electron chi connectivity index (χ3n) is 31.3. The first kappa shape index (κ1) is 96.5. The number of nitrogens with zero attached hydrogens (tertiary/aromatic N) is 6. The molecule has 0 N–H and O–H groups in total. The van der Waals surface area contributed by atoms with Crippen LogP contribution in [0.1, 0.15) is 243 Å². The summed E-state index contributed by atoms with van der Waals surface area (Å²) in [6, 6.07) is 146. The molecule has 6 fully saturated rings. The summed E-state index contributed by atoms with van der Waals surface area (Å²) in [5, 5.41) is 0. The lowest BCUT2D eigenvalue weighted by Gasteiger charge is -2.34. The first-order valence-corrected chi connectivity index (χ1v) is 55.0. The molecule has 0 aliphatic heterocycles. The summed E-state index contributed by atoms with van der Waals surface area (Å²) in [4.78, 5) is 14.8. The molecular formula is C141H138N6. The van der Waals surface area contributed by atoms with Gasteiger partial charge in [0.05, 0.1) is 17.1 Å². The molecule has 0 heterocycles. The highest BCUT2D eigenvalue weighted by Gasteiger charge is 2.28. The summed E-state index contributed by atoms with van der Waals surface area (Å²) >= 11 is 0. The molecule has 0 atom stereocenters. The third kappa shape index (κ3) is 23.7.